The topological polar surface area (TPSA) is 57.5 Å². The van der Waals surface area contributed by atoms with Crippen LogP contribution in [0, 0.1) is 17.5 Å². The van der Waals surface area contributed by atoms with Gasteiger partial charge in [-0.05, 0) is 17.5 Å². The fourth-order valence-corrected chi connectivity index (χ4v) is 1.34. The smallest absolute Gasteiger partial charge is 0.303 e. The first-order chi connectivity index (χ1) is 7.34. The fraction of sp³-hybridized carbons (Fsp3) is 0.300. The average molecular weight is 234 g/mol. The van der Waals surface area contributed by atoms with Crippen LogP contribution in [-0.4, -0.2) is 16.2 Å². The summed E-state index contributed by atoms with van der Waals surface area (Å²) in [4.78, 5) is 10.4. The minimum Gasteiger partial charge on any atom is -0.503 e. The van der Waals surface area contributed by atoms with Crippen molar-refractivity contribution in [2.75, 3.05) is 0 Å². The molecular formula is C10H9F3O3. The Bertz CT molecular complexity index is 432. The van der Waals surface area contributed by atoms with Crippen molar-refractivity contribution in [3.8, 4) is 5.75 Å². The van der Waals surface area contributed by atoms with E-state index in [0.717, 1.165) is 0 Å². The van der Waals surface area contributed by atoms with Gasteiger partial charge in [0.25, 0.3) is 0 Å². The van der Waals surface area contributed by atoms with Gasteiger partial charge in [-0.1, -0.05) is 6.92 Å². The molecule has 0 saturated heterocycles. The molecule has 0 saturated carbocycles. The molecule has 16 heavy (non-hydrogen) atoms. The van der Waals surface area contributed by atoms with E-state index in [1.165, 1.54) is 6.92 Å². The van der Waals surface area contributed by atoms with Gasteiger partial charge in [0.05, 0.1) is 6.42 Å². The summed E-state index contributed by atoms with van der Waals surface area (Å²) in [6.45, 7) is 1.34. The van der Waals surface area contributed by atoms with Crippen molar-refractivity contribution in [1.29, 1.82) is 0 Å². The Hall–Kier alpha value is -1.72. The summed E-state index contributed by atoms with van der Waals surface area (Å²) < 4.78 is 38.9. The van der Waals surface area contributed by atoms with E-state index in [1.54, 1.807) is 0 Å². The molecule has 0 heterocycles. The molecule has 6 heteroatoms. The van der Waals surface area contributed by atoms with Crippen molar-refractivity contribution in [2.24, 2.45) is 0 Å². The number of aliphatic carboxylic acids is 1. The highest BCUT2D eigenvalue weighted by Gasteiger charge is 2.22. The largest absolute Gasteiger partial charge is 0.503 e. The summed E-state index contributed by atoms with van der Waals surface area (Å²) in [5, 5.41) is 17.4. The zero-order chi connectivity index (χ0) is 12.5. The number of carbonyl (C=O) groups is 1. The van der Waals surface area contributed by atoms with Crippen LogP contribution in [-0.2, 0) is 4.79 Å². The summed E-state index contributed by atoms with van der Waals surface area (Å²) in [7, 11) is 0. The molecule has 1 unspecified atom stereocenters. The lowest BCUT2D eigenvalue weighted by molar-refractivity contribution is -0.137. The van der Waals surface area contributed by atoms with Gasteiger partial charge in [0, 0.05) is 0 Å². The summed E-state index contributed by atoms with van der Waals surface area (Å²) in [5.74, 6) is -7.90. The quantitative estimate of drug-likeness (QED) is 0.789. The number of hydrogen-bond donors (Lipinski definition) is 2. The van der Waals surface area contributed by atoms with Crippen LogP contribution in [0.4, 0.5) is 13.2 Å². The Morgan fingerprint density at radius 1 is 1.38 bits per heavy atom. The number of phenolic OH excluding ortho intramolecular Hbond substituents is 1. The monoisotopic (exact) mass is 234 g/mol. The number of rotatable bonds is 3. The van der Waals surface area contributed by atoms with Crippen LogP contribution in [0.1, 0.15) is 24.8 Å². The van der Waals surface area contributed by atoms with Gasteiger partial charge >= 0.3 is 5.97 Å². The van der Waals surface area contributed by atoms with Crippen molar-refractivity contribution in [3.63, 3.8) is 0 Å². The minimum absolute atomic E-state index is 0.362. The zero-order valence-electron chi connectivity index (χ0n) is 8.30. The van der Waals surface area contributed by atoms with Gasteiger partial charge in [0.15, 0.2) is 17.4 Å². The van der Waals surface area contributed by atoms with E-state index in [0.29, 0.717) is 6.07 Å². The van der Waals surface area contributed by atoms with E-state index in [4.69, 9.17) is 10.2 Å². The zero-order valence-corrected chi connectivity index (χ0v) is 8.30. The average Bonchev–Trinajstić information content (AvgIpc) is 2.19. The maximum absolute atomic E-state index is 13.3. The fourth-order valence-electron chi connectivity index (χ4n) is 1.34. The molecule has 1 aromatic rings. The Morgan fingerprint density at radius 2 is 1.94 bits per heavy atom. The van der Waals surface area contributed by atoms with Crippen LogP contribution in [0.25, 0.3) is 0 Å². The van der Waals surface area contributed by atoms with Gasteiger partial charge in [-0.3, -0.25) is 4.79 Å². The highest BCUT2D eigenvalue weighted by molar-refractivity contribution is 5.68. The standard InChI is InChI=1S/C10H9F3O3/c1-4(2-7(14)15)5-3-6(11)9(13)10(16)8(5)12/h3-4,16H,2H2,1H3,(H,14,15). The van der Waals surface area contributed by atoms with Gasteiger partial charge in [0.1, 0.15) is 0 Å². The van der Waals surface area contributed by atoms with E-state index < -0.39 is 41.5 Å². The summed E-state index contributed by atoms with van der Waals surface area (Å²) in [6.07, 6.45) is -0.443. The Balaban J connectivity index is 3.19. The predicted octanol–water partition coefficient (Wildman–Crippen LogP) is 2.39. The van der Waals surface area contributed by atoms with Crippen LogP contribution < -0.4 is 0 Å². The summed E-state index contributed by atoms with van der Waals surface area (Å²) in [5.41, 5.74) is -0.362. The first kappa shape index (κ1) is 12.4. The number of aromatic hydroxyl groups is 1. The van der Waals surface area contributed by atoms with Gasteiger partial charge < -0.3 is 10.2 Å². The Labute approximate surface area is 89.1 Å². The third-order valence-corrected chi connectivity index (χ3v) is 2.17. The number of carboxylic acid groups (broad SMARTS) is 1. The second kappa shape index (κ2) is 4.42. The molecule has 1 aromatic carbocycles. The van der Waals surface area contributed by atoms with Crippen LogP contribution >= 0.6 is 0 Å². The van der Waals surface area contributed by atoms with E-state index in [9.17, 15) is 18.0 Å². The minimum atomic E-state index is -1.68. The molecule has 2 N–H and O–H groups in total. The highest BCUT2D eigenvalue weighted by atomic mass is 19.2. The molecule has 1 atom stereocenters. The number of phenols is 1. The van der Waals surface area contributed by atoms with Crippen LogP contribution in [0.5, 0.6) is 5.75 Å². The third kappa shape index (κ3) is 2.26. The molecule has 0 aromatic heterocycles. The molecule has 3 nitrogen and oxygen atoms in total. The van der Waals surface area contributed by atoms with E-state index in [-0.39, 0.29) is 5.56 Å². The first-order valence-corrected chi connectivity index (χ1v) is 4.42. The van der Waals surface area contributed by atoms with Crippen molar-refractivity contribution >= 4 is 5.97 Å². The van der Waals surface area contributed by atoms with Gasteiger partial charge in [-0.2, -0.15) is 4.39 Å². The van der Waals surface area contributed by atoms with Gasteiger partial charge in [0.2, 0.25) is 5.82 Å². The second-order valence-corrected chi connectivity index (χ2v) is 3.42. The molecular weight excluding hydrogens is 225 g/mol. The summed E-state index contributed by atoms with van der Waals surface area (Å²) in [6, 6.07) is 0.554. The Kier molecular flexibility index (Phi) is 3.41. The van der Waals surface area contributed by atoms with Crippen molar-refractivity contribution in [2.45, 2.75) is 19.3 Å². The van der Waals surface area contributed by atoms with E-state index in [2.05, 4.69) is 0 Å². The van der Waals surface area contributed by atoms with Gasteiger partial charge in [-0.25, -0.2) is 8.78 Å². The van der Waals surface area contributed by atoms with Crippen LogP contribution in [0.3, 0.4) is 0 Å². The van der Waals surface area contributed by atoms with E-state index >= 15 is 0 Å². The molecule has 0 amide bonds. The number of benzene rings is 1. The molecule has 0 spiro atoms. The predicted molar refractivity (Wildman–Crippen MR) is 48.6 cm³/mol. The lowest BCUT2D eigenvalue weighted by Gasteiger charge is -2.12. The summed E-state index contributed by atoms with van der Waals surface area (Å²) >= 11 is 0. The molecule has 1 rings (SSSR count). The van der Waals surface area contributed by atoms with E-state index in [1.807, 2.05) is 0 Å². The normalized spacial score (nSPS) is 12.5. The number of halogens is 3. The van der Waals surface area contributed by atoms with Crippen molar-refractivity contribution in [1.82, 2.24) is 0 Å². The molecule has 88 valence electrons. The third-order valence-electron chi connectivity index (χ3n) is 2.17. The molecule has 0 radical (unpaired) electrons. The molecule has 0 aliphatic rings. The van der Waals surface area contributed by atoms with Crippen LogP contribution in [0.15, 0.2) is 6.07 Å². The second-order valence-electron chi connectivity index (χ2n) is 3.42. The lowest BCUT2D eigenvalue weighted by atomic mass is 9.96. The highest BCUT2D eigenvalue weighted by Crippen LogP contribution is 2.31. The van der Waals surface area contributed by atoms with Crippen LogP contribution in [0.2, 0.25) is 0 Å². The molecule has 0 aliphatic carbocycles. The molecule has 0 bridgehead atoms. The number of hydrogen-bond acceptors (Lipinski definition) is 2. The SMILES string of the molecule is CC(CC(=O)O)c1cc(F)c(F)c(O)c1F. The maximum atomic E-state index is 13.3. The Morgan fingerprint density at radius 3 is 2.44 bits per heavy atom. The van der Waals surface area contributed by atoms with Gasteiger partial charge in [-0.15, -0.1) is 0 Å². The maximum Gasteiger partial charge on any atom is 0.303 e. The first-order valence-electron chi connectivity index (χ1n) is 4.42. The lowest BCUT2D eigenvalue weighted by Crippen LogP contribution is -2.06. The molecule has 0 fully saturated rings. The number of carboxylic acids is 1. The molecule has 0 aliphatic heterocycles. The van der Waals surface area contributed by atoms with Crippen molar-refractivity contribution in [3.05, 3.63) is 29.1 Å². The van der Waals surface area contributed by atoms with Crippen molar-refractivity contribution < 1.29 is 28.2 Å².